The molecule has 1 aliphatic carbocycles. The number of halogens is 2. The summed E-state index contributed by atoms with van der Waals surface area (Å²) in [5.74, 6) is -0.102. The van der Waals surface area contributed by atoms with Crippen LogP contribution in [0.1, 0.15) is 22.7 Å². The fourth-order valence-corrected chi connectivity index (χ4v) is 3.53. The molecule has 3 rings (SSSR count). The highest BCUT2D eigenvalue weighted by Gasteiger charge is 2.37. The second kappa shape index (κ2) is 5.95. The summed E-state index contributed by atoms with van der Waals surface area (Å²) >= 11 is 12.3. The van der Waals surface area contributed by atoms with Crippen molar-refractivity contribution in [2.45, 2.75) is 25.0 Å². The number of nitrogens with zero attached hydrogens (tertiary/aromatic N) is 1. The normalized spacial score (nSPS) is 20.0. The fraction of sp³-hybridized carbons (Fsp3) is 0.312. The zero-order chi connectivity index (χ0) is 15.9. The summed E-state index contributed by atoms with van der Waals surface area (Å²) in [7, 11) is 1.68. The molecule has 1 aromatic carbocycles. The van der Waals surface area contributed by atoms with E-state index in [4.69, 9.17) is 27.6 Å². The Labute approximate surface area is 138 Å². The van der Waals surface area contributed by atoms with Gasteiger partial charge in [0.2, 0.25) is 5.91 Å². The van der Waals surface area contributed by atoms with Gasteiger partial charge in [-0.2, -0.15) is 0 Å². The number of fused-ring (bicyclic) bond motifs is 1. The topological polar surface area (TPSA) is 53.7 Å². The van der Waals surface area contributed by atoms with Crippen LogP contribution in [0.25, 0.3) is 0 Å². The minimum atomic E-state index is -0.690. The van der Waals surface area contributed by atoms with Gasteiger partial charge in [-0.15, -0.1) is 0 Å². The number of furan rings is 1. The van der Waals surface area contributed by atoms with E-state index in [-0.39, 0.29) is 12.3 Å². The molecule has 4 nitrogen and oxygen atoms in total. The first-order valence-corrected chi connectivity index (χ1v) is 7.65. The molecule has 116 valence electrons. The van der Waals surface area contributed by atoms with Gasteiger partial charge in [0.25, 0.3) is 0 Å². The molecule has 0 radical (unpaired) electrons. The molecular weight excluding hydrogens is 325 g/mol. The maximum Gasteiger partial charge on any atom is 0.227 e. The number of carbonyl (C=O) groups is 1. The number of amides is 1. The Morgan fingerprint density at radius 1 is 1.45 bits per heavy atom. The van der Waals surface area contributed by atoms with E-state index in [0.29, 0.717) is 16.5 Å². The molecule has 0 aliphatic heterocycles. The Hall–Kier alpha value is -1.49. The van der Waals surface area contributed by atoms with Crippen molar-refractivity contribution in [2.75, 3.05) is 7.05 Å². The van der Waals surface area contributed by atoms with Crippen LogP contribution in [-0.4, -0.2) is 29.1 Å². The first-order chi connectivity index (χ1) is 10.5. The van der Waals surface area contributed by atoms with Gasteiger partial charge in [-0.1, -0.05) is 23.2 Å². The third kappa shape index (κ3) is 2.74. The molecule has 1 aliphatic rings. The molecule has 0 bridgehead atoms. The van der Waals surface area contributed by atoms with E-state index in [0.717, 1.165) is 16.7 Å². The van der Waals surface area contributed by atoms with Crippen molar-refractivity contribution < 1.29 is 14.3 Å². The maximum atomic E-state index is 12.4. The predicted octanol–water partition coefficient (Wildman–Crippen LogP) is 3.25. The van der Waals surface area contributed by atoms with E-state index in [1.807, 2.05) is 0 Å². The summed E-state index contributed by atoms with van der Waals surface area (Å²) in [6, 6.07) is 4.74. The van der Waals surface area contributed by atoms with E-state index >= 15 is 0 Å². The summed E-state index contributed by atoms with van der Waals surface area (Å²) in [6.45, 7) is 0. The van der Waals surface area contributed by atoms with Gasteiger partial charge in [-0.3, -0.25) is 4.79 Å². The molecule has 1 aromatic heterocycles. The van der Waals surface area contributed by atoms with Crippen molar-refractivity contribution in [2.24, 2.45) is 0 Å². The molecule has 2 unspecified atom stereocenters. The number of aliphatic hydroxyl groups excluding tert-OH is 1. The Morgan fingerprint density at radius 2 is 2.23 bits per heavy atom. The molecule has 1 heterocycles. The van der Waals surface area contributed by atoms with Gasteiger partial charge in [-0.05, 0) is 34.9 Å². The monoisotopic (exact) mass is 339 g/mol. The molecule has 1 N–H and O–H groups in total. The van der Waals surface area contributed by atoms with E-state index in [1.165, 1.54) is 6.26 Å². The van der Waals surface area contributed by atoms with Crippen LogP contribution in [-0.2, 0) is 17.6 Å². The standard InChI is InChI=1S/C16H15Cl2NO3/c1-19(15(21)4-9-2-3-22-8-9)16-12-5-10(17)6-13(18)11(12)7-14(16)20/h2-3,5-6,8,14,16,20H,4,7H2,1H3. The van der Waals surface area contributed by atoms with Crippen molar-refractivity contribution in [1.82, 2.24) is 4.90 Å². The lowest BCUT2D eigenvalue weighted by molar-refractivity contribution is -0.133. The molecule has 2 atom stereocenters. The summed E-state index contributed by atoms with van der Waals surface area (Å²) in [5.41, 5.74) is 2.47. The predicted molar refractivity (Wildman–Crippen MR) is 84.1 cm³/mol. The second-order valence-corrected chi connectivity index (χ2v) is 6.33. The molecule has 0 spiro atoms. The Morgan fingerprint density at radius 3 is 2.91 bits per heavy atom. The molecular formula is C16H15Cl2NO3. The minimum absolute atomic E-state index is 0.102. The van der Waals surface area contributed by atoms with E-state index in [9.17, 15) is 9.90 Å². The second-order valence-electron chi connectivity index (χ2n) is 5.48. The average molecular weight is 340 g/mol. The van der Waals surface area contributed by atoms with Gasteiger partial charge < -0.3 is 14.4 Å². The van der Waals surface area contributed by atoms with Crippen LogP contribution in [0.3, 0.4) is 0 Å². The lowest BCUT2D eigenvalue weighted by Gasteiger charge is -2.28. The van der Waals surface area contributed by atoms with Crippen molar-refractivity contribution in [3.8, 4) is 0 Å². The molecule has 2 aromatic rings. The van der Waals surface area contributed by atoms with E-state index in [1.54, 1.807) is 36.4 Å². The number of benzene rings is 1. The number of hydrogen-bond donors (Lipinski definition) is 1. The van der Waals surface area contributed by atoms with E-state index < -0.39 is 12.1 Å². The zero-order valence-corrected chi connectivity index (χ0v) is 13.4. The largest absolute Gasteiger partial charge is 0.472 e. The summed E-state index contributed by atoms with van der Waals surface area (Å²) in [5, 5.41) is 11.4. The first-order valence-electron chi connectivity index (χ1n) is 6.90. The third-order valence-corrected chi connectivity index (χ3v) is 4.59. The van der Waals surface area contributed by atoms with Crippen LogP contribution in [0.5, 0.6) is 0 Å². The smallest absolute Gasteiger partial charge is 0.227 e. The Bertz CT molecular complexity index is 700. The van der Waals surface area contributed by atoms with Gasteiger partial charge in [0, 0.05) is 23.5 Å². The van der Waals surface area contributed by atoms with Crippen molar-refractivity contribution in [1.29, 1.82) is 0 Å². The van der Waals surface area contributed by atoms with Crippen molar-refractivity contribution in [3.63, 3.8) is 0 Å². The lowest BCUT2D eigenvalue weighted by atomic mass is 10.1. The number of rotatable bonds is 3. The average Bonchev–Trinajstić information content (AvgIpc) is 3.05. The number of aliphatic hydroxyl groups is 1. The van der Waals surface area contributed by atoms with Crippen molar-refractivity contribution in [3.05, 3.63) is 57.5 Å². The Kier molecular flexibility index (Phi) is 4.17. The molecule has 0 fully saturated rings. The van der Waals surface area contributed by atoms with Gasteiger partial charge >= 0.3 is 0 Å². The summed E-state index contributed by atoms with van der Waals surface area (Å²) < 4.78 is 4.97. The molecule has 0 saturated heterocycles. The Balaban J connectivity index is 1.87. The minimum Gasteiger partial charge on any atom is -0.472 e. The third-order valence-electron chi connectivity index (χ3n) is 4.04. The molecule has 0 saturated carbocycles. The first kappa shape index (κ1) is 15.4. The van der Waals surface area contributed by atoms with Crippen LogP contribution >= 0.6 is 23.2 Å². The van der Waals surface area contributed by atoms with Gasteiger partial charge in [0.05, 0.1) is 31.1 Å². The van der Waals surface area contributed by atoms with Crippen LogP contribution in [0.4, 0.5) is 0 Å². The molecule has 22 heavy (non-hydrogen) atoms. The summed E-state index contributed by atoms with van der Waals surface area (Å²) in [6.07, 6.45) is 3.02. The highest BCUT2D eigenvalue weighted by atomic mass is 35.5. The van der Waals surface area contributed by atoms with E-state index in [2.05, 4.69) is 0 Å². The molecule has 1 amide bonds. The van der Waals surface area contributed by atoms with Crippen molar-refractivity contribution >= 4 is 29.1 Å². The quantitative estimate of drug-likeness (QED) is 0.933. The number of hydrogen-bond acceptors (Lipinski definition) is 3. The summed E-state index contributed by atoms with van der Waals surface area (Å²) in [4.78, 5) is 14.0. The fourth-order valence-electron chi connectivity index (χ4n) is 2.95. The maximum absolute atomic E-state index is 12.4. The number of likely N-dealkylation sites (N-methyl/N-ethyl adjacent to an activating group) is 1. The van der Waals surface area contributed by atoms with Gasteiger partial charge in [0.1, 0.15) is 0 Å². The van der Waals surface area contributed by atoms with Gasteiger partial charge in [-0.25, -0.2) is 0 Å². The van der Waals surface area contributed by atoms with Gasteiger partial charge in [0.15, 0.2) is 0 Å². The van der Waals surface area contributed by atoms with Crippen LogP contribution in [0.15, 0.2) is 35.1 Å². The highest BCUT2D eigenvalue weighted by molar-refractivity contribution is 6.35. The lowest BCUT2D eigenvalue weighted by Crippen LogP contribution is -2.36. The SMILES string of the molecule is CN(C(=O)Cc1ccoc1)C1c2cc(Cl)cc(Cl)c2CC1O. The highest BCUT2D eigenvalue weighted by Crippen LogP contribution is 2.40. The van der Waals surface area contributed by atoms with Crippen LogP contribution in [0.2, 0.25) is 10.0 Å². The van der Waals surface area contributed by atoms with Crippen LogP contribution in [0, 0.1) is 0 Å². The van der Waals surface area contributed by atoms with Crippen LogP contribution < -0.4 is 0 Å². The molecule has 6 heteroatoms. The number of carbonyl (C=O) groups excluding carboxylic acids is 1. The zero-order valence-electron chi connectivity index (χ0n) is 11.9.